The minimum Gasteiger partial charge on any atom is -0.323 e. The second-order valence-corrected chi connectivity index (χ2v) is 12.6. The van der Waals surface area contributed by atoms with Crippen molar-refractivity contribution in [2.45, 2.75) is 4.90 Å². The Hall–Kier alpha value is -3.44. The number of nitrogens with zero attached hydrogens (tertiary/aromatic N) is 1. The zero-order valence-corrected chi connectivity index (χ0v) is 23.0. The minimum absolute atomic E-state index is 0.0178. The maximum absolute atomic E-state index is 13.6. The summed E-state index contributed by atoms with van der Waals surface area (Å²) in [5.74, 6) is 0. The number of amides is 2. The van der Waals surface area contributed by atoms with Crippen LogP contribution in [0.3, 0.4) is 0 Å². The standard InChI is InChI=1S/C25H20Cl2N3O7PS/c26-16-11-17(27)13-19(12-16)39(36,37)30(15-38(33,34)35)24-10-9-21-20(22(24)14-31)7-4-8-23(21)29-25(32)28-18-5-2-1-3-6-18/h1-14H,15H2,(H2,28,29,32)(H2,33,34,35). The van der Waals surface area contributed by atoms with Gasteiger partial charge in [-0.1, -0.05) is 59.6 Å². The van der Waals surface area contributed by atoms with E-state index < -0.39 is 34.8 Å². The summed E-state index contributed by atoms with van der Waals surface area (Å²) in [6.45, 7) is 0. The SMILES string of the molecule is O=Cc1c(N(CP(=O)(O)O)S(=O)(=O)c2cc(Cl)cc(Cl)c2)ccc2c(NC(=O)Nc3ccccc3)cccc12. The molecule has 0 saturated heterocycles. The largest absolute Gasteiger partial charge is 0.345 e. The second-order valence-electron chi connectivity index (χ2n) is 8.23. The minimum atomic E-state index is -4.98. The van der Waals surface area contributed by atoms with E-state index in [0.29, 0.717) is 27.4 Å². The average molecular weight is 608 g/mol. The van der Waals surface area contributed by atoms with E-state index in [1.165, 1.54) is 30.3 Å². The fraction of sp³-hybridized carbons (Fsp3) is 0.0400. The van der Waals surface area contributed by atoms with Gasteiger partial charge in [0.15, 0.2) is 6.29 Å². The number of hydrogen-bond acceptors (Lipinski definition) is 5. The molecule has 0 aromatic heterocycles. The molecule has 0 atom stereocenters. The molecule has 4 N–H and O–H groups in total. The fourth-order valence-corrected chi connectivity index (χ4v) is 7.31. The maximum Gasteiger partial charge on any atom is 0.345 e. The highest BCUT2D eigenvalue weighted by Gasteiger charge is 2.33. The third kappa shape index (κ3) is 6.59. The van der Waals surface area contributed by atoms with E-state index in [2.05, 4.69) is 10.6 Å². The third-order valence-corrected chi connectivity index (χ3v) is 8.50. The molecule has 10 nitrogen and oxygen atoms in total. The molecule has 4 rings (SSSR count). The summed E-state index contributed by atoms with van der Waals surface area (Å²) in [5.41, 5.74) is 0.389. The molecule has 4 aromatic rings. The Balaban J connectivity index is 1.82. The van der Waals surface area contributed by atoms with Crippen molar-refractivity contribution < 1.29 is 32.4 Å². The normalized spacial score (nSPS) is 11.7. The number of carbonyl (C=O) groups is 2. The second kappa shape index (κ2) is 11.4. The van der Waals surface area contributed by atoms with Crippen molar-refractivity contribution in [3.8, 4) is 0 Å². The molecule has 0 aliphatic carbocycles. The highest BCUT2D eigenvalue weighted by Crippen LogP contribution is 2.42. The van der Waals surface area contributed by atoms with Crippen LogP contribution in [0.4, 0.5) is 21.9 Å². The topological polar surface area (TPSA) is 153 Å². The predicted molar refractivity (Wildman–Crippen MR) is 151 cm³/mol. The van der Waals surface area contributed by atoms with Crippen molar-refractivity contribution in [2.75, 3.05) is 21.2 Å². The molecule has 39 heavy (non-hydrogen) atoms. The zero-order valence-electron chi connectivity index (χ0n) is 19.8. The van der Waals surface area contributed by atoms with Crippen molar-refractivity contribution in [3.05, 3.63) is 94.5 Å². The summed E-state index contributed by atoms with van der Waals surface area (Å²) < 4.78 is 39.6. The molecule has 0 saturated carbocycles. The number of para-hydroxylation sites is 1. The number of aldehydes is 1. The number of benzene rings is 4. The van der Waals surface area contributed by atoms with Crippen LogP contribution >= 0.6 is 30.8 Å². The van der Waals surface area contributed by atoms with Crippen molar-refractivity contribution in [3.63, 3.8) is 0 Å². The molecule has 0 fully saturated rings. The van der Waals surface area contributed by atoms with Crippen LogP contribution < -0.4 is 14.9 Å². The average Bonchev–Trinajstić information content (AvgIpc) is 2.86. The number of hydrogen-bond donors (Lipinski definition) is 4. The lowest BCUT2D eigenvalue weighted by Gasteiger charge is -2.27. The number of fused-ring (bicyclic) bond motifs is 1. The number of rotatable bonds is 8. The predicted octanol–water partition coefficient (Wildman–Crippen LogP) is 5.93. The number of anilines is 3. The monoisotopic (exact) mass is 607 g/mol. The number of nitrogens with one attached hydrogen (secondary N) is 2. The van der Waals surface area contributed by atoms with E-state index in [0.717, 1.165) is 12.1 Å². The lowest BCUT2D eigenvalue weighted by atomic mass is 10.0. The van der Waals surface area contributed by atoms with Gasteiger partial charge in [-0.2, -0.15) is 0 Å². The lowest BCUT2D eigenvalue weighted by molar-refractivity contribution is 0.112. The van der Waals surface area contributed by atoms with Gasteiger partial charge in [-0.3, -0.25) is 13.7 Å². The lowest BCUT2D eigenvalue weighted by Crippen LogP contribution is -2.33. The van der Waals surface area contributed by atoms with Gasteiger partial charge < -0.3 is 20.4 Å². The molecular formula is C25H20Cl2N3O7PS. The highest BCUT2D eigenvalue weighted by atomic mass is 35.5. The van der Waals surface area contributed by atoms with Gasteiger partial charge in [0.05, 0.1) is 16.3 Å². The summed E-state index contributed by atoms with van der Waals surface area (Å²) in [6.07, 6.45) is -0.887. The fourth-order valence-electron chi connectivity index (χ4n) is 3.88. The zero-order chi connectivity index (χ0) is 28.4. The smallest absolute Gasteiger partial charge is 0.323 e. The van der Waals surface area contributed by atoms with Gasteiger partial charge in [-0.05, 0) is 47.9 Å². The van der Waals surface area contributed by atoms with Gasteiger partial charge >= 0.3 is 13.6 Å². The molecule has 0 spiro atoms. The Morgan fingerprint density at radius 2 is 1.56 bits per heavy atom. The summed E-state index contributed by atoms with van der Waals surface area (Å²) in [5, 5.41) is 5.94. The summed E-state index contributed by atoms with van der Waals surface area (Å²) in [6, 6.07) is 18.9. The number of sulfonamides is 1. The van der Waals surface area contributed by atoms with Crippen molar-refractivity contribution in [1.82, 2.24) is 0 Å². The van der Waals surface area contributed by atoms with Gasteiger partial charge in [-0.25, -0.2) is 13.2 Å². The number of carbonyl (C=O) groups excluding carboxylic acids is 2. The van der Waals surface area contributed by atoms with Crippen LogP contribution in [-0.4, -0.2) is 36.8 Å². The number of halogens is 2. The van der Waals surface area contributed by atoms with Crippen LogP contribution in [0.25, 0.3) is 10.8 Å². The first-order chi connectivity index (χ1) is 18.4. The van der Waals surface area contributed by atoms with Crippen molar-refractivity contribution in [1.29, 1.82) is 0 Å². The third-order valence-electron chi connectivity index (χ3n) is 5.48. The summed E-state index contributed by atoms with van der Waals surface area (Å²) in [7, 11) is -9.64. The van der Waals surface area contributed by atoms with E-state index in [1.54, 1.807) is 36.4 Å². The van der Waals surface area contributed by atoms with Crippen molar-refractivity contribution in [2.24, 2.45) is 0 Å². The first-order valence-electron chi connectivity index (χ1n) is 11.1. The van der Waals surface area contributed by atoms with Gasteiger partial charge in [0.1, 0.15) is 6.29 Å². The highest BCUT2D eigenvalue weighted by molar-refractivity contribution is 7.93. The van der Waals surface area contributed by atoms with Crippen LogP contribution in [0.5, 0.6) is 0 Å². The van der Waals surface area contributed by atoms with Gasteiger partial charge in [-0.15, -0.1) is 0 Å². The molecule has 0 aliphatic heterocycles. The first-order valence-corrected chi connectivity index (χ1v) is 15.1. The van der Waals surface area contributed by atoms with Crippen LogP contribution in [0.15, 0.2) is 83.8 Å². The molecule has 2 amide bonds. The molecule has 0 radical (unpaired) electrons. The Morgan fingerprint density at radius 1 is 0.897 bits per heavy atom. The van der Waals surface area contributed by atoms with E-state index in [1.807, 2.05) is 0 Å². The summed E-state index contributed by atoms with van der Waals surface area (Å²) in [4.78, 5) is 43.9. The van der Waals surface area contributed by atoms with Crippen LogP contribution in [0, 0.1) is 0 Å². The Bertz CT molecular complexity index is 1710. The maximum atomic E-state index is 13.6. The van der Waals surface area contributed by atoms with E-state index >= 15 is 0 Å². The molecule has 0 aliphatic rings. The molecule has 0 unspecified atom stereocenters. The Morgan fingerprint density at radius 3 is 2.18 bits per heavy atom. The molecule has 14 heteroatoms. The molecule has 4 aromatic carbocycles. The Kier molecular flexibility index (Phi) is 8.31. The van der Waals surface area contributed by atoms with Crippen LogP contribution in [0.2, 0.25) is 10.0 Å². The van der Waals surface area contributed by atoms with Gasteiger partial charge in [0, 0.05) is 26.7 Å². The van der Waals surface area contributed by atoms with Crippen molar-refractivity contribution >= 4 is 81.0 Å². The molecule has 0 bridgehead atoms. The molecular weight excluding hydrogens is 588 g/mol. The molecule has 0 heterocycles. The summed E-state index contributed by atoms with van der Waals surface area (Å²) >= 11 is 11.9. The van der Waals surface area contributed by atoms with Gasteiger partial charge in [0.25, 0.3) is 10.0 Å². The van der Waals surface area contributed by atoms with Gasteiger partial charge in [0.2, 0.25) is 0 Å². The molecule has 202 valence electrons. The quantitative estimate of drug-likeness (QED) is 0.143. The van der Waals surface area contributed by atoms with Crippen LogP contribution in [-0.2, 0) is 14.6 Å². The van der Waals surface area contributed by atoms with Crippen LogP contribution in [0.1, 0.15) is 10.4 Å². The Labute approximate surface area is 233 Å². The van der Waals surface area contributed by atoms with E-state index in [4.69, 9.17) is 23.2 Å². The first kappa shape index (κ1) is 28.6. The van der Waals surface area contributed by atoms with E-state index in [-0.39, 0.29) is 26.7 Å². The number of urea groups is 1. The van der Waals surface area contributed by atoms with E-state index in [9.17, 15) is 32.4 Å².